The van der Waals surface area contributed by atoms with Gasteiger partial charge >= 0.3 is 0 Å². The zero-order chi connectivity index (χ0) is 18.2. The van der Waals surface area contributed by atoms with Crippen LogP contribution < -0.4 is 15.6 Å². The molecule has 0 unspecified atom stereocenters. The molecule has 0 aliphatic carbocycles. The van der Waals surface area contributed by atoms with Crippen LogP contribution >= 0.6 is 0 Å². The molecule has 2 amide bonds. The monoisotopic (exact) mass is 340 g/mol. The van der Waals surface area contributed by atoms with Gasteiger partial charge in [-0.1, -0.05) is 35.9 Å². The van der Waals surface area contributed by atoms with E-state index in [0.717, 1.165) is 11.1 Å². The minimum absolute atomic E-state index is 0.152. The fourth-order valence-electron chi connectivity index (χ4n) is 2.47. The number of benzene rings is 2. The molecule has 5 heteroatoms. The lowest BCUT2D eigenvalue weighted by molar-refractivity contribution is -0.130. The number of hydrogen-bond donors (Lipinski definition) is 2. The quantitative estimate of drug-likeness (QED) is 0.795. The smallest absolute Gasteiger partial charge is 0.276 e. The number of ether oxygens (including phenoxy) is 1. The van der Waals surface area contributed by atoms with Gasteiger partial charge in [0.2, 0.25) is 5.91 Å². The molecule has 0 bridgehead atoms. The summed E-state index contributed by atoms with van der Waals surface area (Å²) < 4.78 is 5.37. The molecule has 2 aromatic carbocycles. The Morgan fingerprint density at radius 3 is 2.36 bits per heavy atom. The Kier molecular flexibility index (Phi) is 6.57. The van der Waals surface area contributed by atoms with Gasteiger partial charge in [0, 0.05) is 6.42 Å². The highest BCUT2D eigenvalue weighted by Crippen LogP contribution is 2.13. The molecular formula is C20H24N2O3. The van der Waals surface area contributed by atoms with Crippen LogP contribution in [0, 0.1) is 20.8 Å². The van der Waals surface area contributed by atoms with Gasteiger partial charge < -0.3 is 4.74 Å². The summed E-state index contributed by atoms with van der Waals surface area (Å²) in [5.41, 5.74) is 9.33. The van der Waals surface area contributed by atoms with E-state index in [-0.39, 0.29) is 12.5 Å². The fraction of sp³-hybridized carbons (Fsp3) is 0.300. The molecule has 0 aliphatic heterocycles. The summed E-state index contributed by atoms with van der Waals surface area (Å²) in [6.07, 6.45) is 0.941. The standard InChI is InChI=1S/C20H24N2O3/c1-14-5-4-6-18(12-14)25-13-20(24)22-21-19(23)10-9-17-8-7-15(2)11-16(17)3/h4-8,11-12H,9-10,13H2,1-3H3,(H,21,23)(H,22,24). The highest BCUT2D eigenvalue weighted by atomic mass is 16.5. The summed E-state index contributed by atoms with van der Waals surface area (Å²) in [5, 5.41) is 0. The highest BCUT2D eigenvalue weighted by Gasteiger charge is 2.07. The van der Waals surface area contributed by atoms with Gasteiger partial charge in [0.25, 0.3) is 5.91 Å². The molecule has 0 saturated carbocycles. The van der Waals surface area contributed by atoms with Gasteiger partial charge in [-0.3, -0.25) is 20.4 Å². The average molecular weight is 340 g/mol. The predicted octanol–water partition coefficient (Wildman–Crippen LogP) is 2.77. The average Bonchev–Trinajstić information content (AvgIpc) is 2.57. The van der Waals surface area contributed by atoms with Crippen molar-refractivity contribution in [3.8, 4) is 5.75 Å². The van der Waals surface area contributed by atoms with Gasteiger partial charge in [-0.2, -0.15) is 0 Å². The summed E-state index contributed by atoms with van der Waals surface area (Å²) >= 11 is 0. The van der Waals surface area contributed by atoms with Crippen LogP contribution in [0.15, 0.2) is 42.5 Å². The first-order valence-electron chi connectivity index (χ1n) is 8.27. The van der Waals surface area contributed by atoms with E-state index in [4.69, 9.17) is 4.74 Å². The Bertz CT molecular complexity index is 756. The Labute approximate surface area is 148 Å². The highest BCUT2D eigenvalue weighted by molar-refractivity contribution is 5.82. The zero-order valence-corrected chi connectivity index (χ0v) is 14.9. The molecule has 0 aromatic heterocycles. The molecule has 132 valence electrons. The summed E-state index contributed by atoms with van der Waals surface area (Å²) in [6.45, 7) is 5.87. The lowest BCUT2D eigenvalue weighted by atomic mass is 10.0. The van der Waals surface area contributed by atoms with E-state index in [9.17, 15) is 9.59 Å². The van der Waals surface area contributed by atoms with E-state index in [0.29, 0.717) is 18.6 Å². The normalized spacial score (nSPS) is 10.2. The van der Waals surface area contributed by atoms with E-state index >= 15 is 0 Å². The van der Waals surface area contributed by atoms with Crippen molar-refractivity contribution >= 4 is 11.8 Å². The first-order chi connectivity index (χ1) is 11.9. The van der Waals surface area contributed by atoms with Crippen molar-refractivity contribution in [1.29, 1.82) is 0 Å². The maximum Gasteiger partial charge on any atom is 0.276 e. The Morgan fingerprint density at radius 1 is 0.920 bits per heavy atom. The van der Waals surface area contributed by atoms with Crippen molar-refractivity contribution in [3.05, 3.63) is 64.7 Å². The van der Waals surface area contributed by atoms with E-state index in [1.165, 1.54) is 11.1 Å². The molecule has 2 rings (SSSR count). The third-order valence-electron chi connectivity index (χ3n) is 3.82. The maximum atomic E-state index is 11.9. The molecule has 0 aliphatic rings. The first-order valence-corrected chi connectivity index (χ1v) is 8.27. The van der Waals surface area contributed by atoms with E-state index in [1.54, 1.807) is 6.07 Å². The van der Waals surface area contributed by atoms with Crippen LogP contribution in [-0.2, 0) is 16.0 Å². The van der Waals surface area contributed by atoms with Gasteiger partial charge in [0.15, 0.2) is 6.61 Å². The Morgan fingerprint density at radius 2 is 1.64 bits per heavy atom. The topological polar surface area (TPSA) is 67.4 Å². The third-order valence-corrected chi connectivity index (χ3v) is 3.82. The number of amides is 2. The van der Waals surface area contributed by atoms with Crippen molar-refractivity contribution in [3.63, 3.8) is 0 Å². The molecule has 5 nitrogen and oxygen atoms in total. The lowest BCUT2D eigenvalue weighted by Gasteiger charge is -2.10. The summed E-state index contributed by atoms with van der Waals surface area (Å²) in [7, 11) is 0. The summed E-state index contributed by atoms with van der Waals surface area (Å²) in [5.74, 6) is -0.0124. The van der Waals surface area contributed by atoms with E-state index in [1.807, 2.05) is 51.1 Å². The van der Waals surface area contributed by atoms with Crippen LogP contribution in [0.3, 0.4) is 0 Å². The fourth-order valence-corrected chi connectivity index (χ4v) is 2.47. The molecule has 0 spiro atoms. The van der Waals surface area contributed by atoms with Crippen LogP contribution in [0.1, 0.15) is 28.7 Å². The molecule has 2 N–H and O–H groups in total. The van der Waals surface area contributed by atoms with Crippen molar-refractivity contribution in [2.24, 2.45) is 0 Å². The largest absolute Gasteiger partial charge is 0.484 e. The van der Waals surface area contributed by atoms with Gasteiger partial charge in [0.1, 0.15) is 5.75 Å². The number of aryl methyl sites for hydroxylation is 4. The predicted molar refractivity (Wildman–Crippen MR) is 97.2 cm³/mol. The second-order valence-electron chi connectivity index (χ2n) is 6.13. The van der Waals surface area contributed by atoms with Gasteiger partial charge in [-0.15, -0.1) is 0 Å². The Balaban J connectivity index is 1.69. The molecule has 0 heterocycles. The van der Waals surface area contributed by atoms with Crippen molar-refractivity contribution in [1.82, 2.24) is 10.9 Å². The first kappa shape index (κ1) is 18.5. The number of carbonyl (C=O) groups excluding carboxylic acids is 2. The van der Waals surface area contributed by atoms with E-state index < -0.39 is 5.91 Å². The summed E-state index contributed by atoms with van der Waals surface area (Å²) in [4.78, 5) is 23.6. The second-order valence-corrected chi connectivity index (χ2v) is 6.13. The van der Waals surface area contributed by atoms with Crippen molar-refractivity contribution in [2.75, 3.05) is 6.61 Å². The molecule has 0 fully saturated rings. The zero-order valence-electron chi connectivity index (χ0n) is 14.9. The van der Waals surface area contributed by atoms with Crippen molar-refractivity contribution in [2.45, 2.75) is 33.6 Å². The number of rotatable bonds is 6. The van der Waals surface area contributed by atoms with Gasteiger partial charge in [-0.25, -0.2) is 0 Å². The second kappa shape index (κ2) is 8.87. The lowest BCUT2D eigenvalue weighted by Crippen LogP contribution is -2.43. The van der Waals surface area contributed by atoms with E-state index in [2.05, 4.69) is 16.9 Å². The minimum atomic E-state index is -0.402. The van der Waals surface area contributed by atoms with Gasteiger partial charge in [0.05, 0.1) is 0 Å². The maximum absolute atomic E-state index is 11.9. The molecule has 0 radical (unpaired) electrons. The number of hydrogen-bond acceptors (Lipinski definition) is 3. The number of carbonyl (C=O) groups is 2. The molecular weight excluding hydrogens is 316 g/mol. The number of nitrogens with one attached hydrogen (secondary N) is 2. The number of hydrazine groups is 1. The van der Waals surface area contributed by atoms with Crippen LogP contribution in [0.5, 0.6) is 5.75 Å². The molecule has 0 atom stereocenters. The van der Waals surface area contributed by atoms with Crippen molar-refractivity contribution < 1.29 is 14.3 Å². The SMILES string of the molecule is Cc1cccc(OCC(=O)NNC(=O)CCc2ccc(C)cc2C)c1. The minimum Gasteiger partial charge on any atom is -0.484 e. The Hall–Kier alpha value is -2.82. The van der Waals surface area contributed by atoms with Crippen LogP contribution in [0.2, 0.25) is 0 Å². The van der Waals surface area contributed by atoms with Crippen LogP contribution in [0.25, 0.3) is 0 Å². The van der Waals surface area contributed by atoms with Gasteiger partial charge in [-0.05, 0) is 56.0 Å². The third kappa shape index (κ3) is 6.30. The molecule has 2 aromatic rings. The molecule has 25 heavy (non-hydrogen) atoms. The van der Waals surface area contributed by atoms with Crippen LogP contribution in [0.4, 0.5) is 0 Å². The van der Waals surface area contributed by atoms with Crippen LogP contribution in [-0.4, -0.2) is 18.4 Å². The summed E-state index contributed by atoms with van der Waals surface area (Å²) in [6, 6.07) is 13.6. The molecule has 0 saturated heterocycles.